The molecule has 0 aliphatic carbocycles. The lowest BCUT2D eigenvalue weighted by atomic mass is 10.0. The van der Waals surface area contributed by atoms with Crippen molar-refractivity contribution in [1.82, 2.24) is 9.97 Å². The molecule has 0 radical (unpaired) electrons. The highest BCUT2D eigenvalue weighted by atomic mass is 79.9. The average molecular weight is 304 g/mol. The highest BCUT2D eigenvalue weighted by Gasteiger charge is 2.08. The first kappa shape index (κ1) is 14.1. The first-order valence-electron chi connectivity index (χ1n) is 5.55. The molecule has 1 unspecified atom stereocenters. The Morgan fingerprint density at radius 1 is 1.59 bits per heavy atom. The molecular weight excluding hydrogens is 286 g/mol. The van der Waals surface area contributed by atoms with Gasteiger partial charge in [0.1, 0.15) is 5.82 Å². The summed E-state index contributed by atoms with van der Waals surface area (Å²) in [5.41, 5.74) is 2.40. The van der Waals surface area contributed by atoms with Crippen LogP contribution in [0.4, 0.5) is 11.8 Å². The van der Waals surface area contributed by atoms with Crippen LogP contribution in [0.1, 0.15) is 19.8 Å². The summed E-state index contributed by atoms with van der Waals surface area (Å²) in [6.07, 6.45) is 3.43. The molecule has 1 aromatic heterocycles. The van der Waals surface area contributed by atoms with Crippen LogP contribution in [0.2, 0.25) is 0 Å². The number of hydrazine groups is 1. The number of hydrogen-bond donors (Lipinski definition) is 4. The third-order valence-corrected chi connectivity index (χ3v) is 3.13. The highest BCUT2D eigenvalue weighted by molar-refractivity contribution is 9.10. The van der Waals surface area contributed by atoms with Gasteiger partial charge >= 0.3 is 0 Å². The molecular formula is C10H18BrN5O. The lowest BCUT2D eigenvalue weighted by Crippen LogP contribution is -2.17. The minimum Gasteiger partial charge on any atom is -0.396 e. The second kappa shape index (κ2) is 7.41. The molecule has 1 atom stereocenters. The Hall–Kier alpha value is -0.920. The van der Waals surface area contributed by atoms with E-state index >= 15 is 0 Å². The van der Waals surface area contributed by atoms with Crippen molar-refractivity contribution in [2.75, 3.05) is 23.9 Å². The van der Waals surface area contributed by atoms with Gasteiger partial charge in [0.25, 0.3) is 0 Å². The Morgan fingerprint density at radius 3 is 2.94 bits per heavy atom. The third-order valence-electron chi connectivity index (χ3n) is 2.55. The molecule has 5 N–H and O–H groups in total. The van der Waals surface area contributed by atoms with E-state index in [4.69, 9.17) is 10.9 Å². The minimum atomic E-state index is 0.209. The van der Waals surface area contributed by atoms with Gasteiger partial charge in [-0.2, -0.15) is 4.98 Å². The van der Waals surface area contributed by atoms with Crippen molar-refractivity contribution in [1.29, 1.82) is 0 Å². The summed E-state index contributed by atoms with van der Waals surface area (Å²) < 4.78 is 0.787. The third kappa shape index (κ3) is 4.45. The number of nitrogens with zero attached hydrogens (tertiary/aromatic N) is 2. The van der Waals surface area contributed by atoms with Gasteiger partial charge in [0, 0.05) is 19.3 Å². The highest BCUT2D eigenvalue weighted by Crippen LogP contribution is 2.20. The number of aliphatic hydroxyl groups is 1. The molecule has 0 bridgehead atoms. The molecule has 0 aromatic carbocycles. The number of aromatic nitrogens is 2. The minimum absolute atomic E-state index is 0.209. The topological polar surface area (TPSA) is 96.1 Å². The number of anilines is 2. The Kier molecular flexibility index (Phi) is 6.17. The van der Waals surface area contributed by atoms with Crippen molar-refractivity contribution in [3.63, 3.8) is 0 Å². The second-order valence-corrected chi connectivity index (χ2v) is 4.56. The molecule has 0 aliphatic heterocycles. The van der Waals surface area contributed by atoms with Crippen molar-refractivity contribution in [2.45, 2.75) is 19.8 Å². The molecule has 1 heterocycles. The SMILES string of the molecule is CCC(CCO)CNc1nc(NN)ncc1Br. The van der Waals surface area contributed by atoms with E-state index in [0.717, 1.165) is 23.9 Å². The molecule has 0 amide bonds. The van der Waals surface area contributed by atoms with Crippen molar-refractivity contribution in [3.8, 4) is 0 Å². The largest absolute Gasteiger partial charge is 0.396 e. The summed E-state index contributed by atoms with van der Waals surface area (Å²) in [5, 5.41) is 12.1. The van der Waals surface area contributed by atoms with E-state index in [2.05, 4.69) is 43.6 Å². The van der Waals surface area contributed by atoms with E-state index < -0.39 is 0 Å². The van der Waals surface area contributed by atoms with Crippen LogP contribution in [0.5, 0.6) is 0 Å². The molecule has 17 heavy (non-hydrogen) atoms. The van der Waals surface area contributed by atoms with E-state index in [1.54, 1.807) is 6.20 Å². The normalized spacial score (nSPS) is 12.2. The maximum atomic E-state index is 8.91. The number of nitrogen functional groups attached to an aromatic ring is 1. The van der Waals surface area contributed by atoms with Crippen molar-refractivity contribution < 1.29 is 5.11 Å². The fourth-order valence-corrected chi connectivity index (χ4v) is 1.77. The zero-order valence-corrected chi connectivity index (χ0v) is 11.4. The number of hydrogen-bond acceptors (Lipinski definition) is 6. The van der Waals surface area contributed by atoms with E-state index in [0.29, 0.717) is 17.7 Å². The quantitative estimate of drug-likeness (QED) is 0.448. The van der Waals surface area contributed by atoms with Crippen LogP contribution in [0.15, 0.2) is 10.7 Å². The number of rotatable bonds is 7. The van der Waals surface area contributed by atoms with Gasteiger partial charge in [-0.25, -0.2) is 10.8 Å². The van der Waals surface area contributed by atoms with Gasteiger partial charge in [-0.1, -0.05) is 13.3 Å². The lowest BCUT2D eigenvalue weighted by Gasteiger charge is -2.15. The number of nitrogens with one attached hydrogen (secondary N) is 2. The standard InChI is InChI=1S/C10H18BrN5O/c1-2-7(3-4-17)5-13-9-8(11)6-14-10(15-9)16-12/h6-7,17H,2-5,12H2,1H3,(H2,13,14,15,16). The van der Waals surface area contributed by atoms with Gasteiger partial charge < -0.3 is 10.4 Å². The van der Waals surface area contributed by atoms with E-state index in [-0.39, 0.29) is 6.61 Å². The van der Waals surface area contributed by atoms with Gasteiger partial charge in [-0.3, -0.25) is 5.43 Å². The summed E-state index contributed by atoms with van der Waals surface area (Å²) >= 11 is 3.37. The van der Waals surface area contributed by atoms with Crippen LogP contribution in [-0.4, -0.2) is 28.2 Å². The molecule has 0 saturated carbocycles. The maximum Gasteiger partial charge on any atom is 0.239 e. The average Bonchev–Trinajstić information content (AvgIpc) is 2.36. The molecule has 0 spiro atoms. The lowest BCUT2D eigenvalue weighted by molar-refractivity contribution is 0.258. The van der Waals surface area contributed by atoms with Crippen molar-refractivity contribution in [3.05, 3.63) is 10.7 Å². The van der Waals surface area contributed by atoms with Crippen LogP contribution < -0.4 is 16.6 Å². The first-order valence-corrected chi connectivity index (χ1v) is 6.34. The van der Waals surface area contributed by atoms with Gasteiger partial charge in [-0.05, 0) is 28.3 Å². The van der Waals surface area contributed by atoms with Crippen LogP contribution in [0.3, 0.4) is 0 Å². The fourth-order valence-electron chi connectivity index (χ4n) is 1.43. The number of halogens is 1. The van der Waals surface area contributed by atoms with Gasteiger partial charge in [0.15, 0.2) is 0 Å². The Morgan fingerprint density at radius 2 is 2.35 bits per heavy atom. The smallest absolute Gasteiger partial charge is 0.239 e. The van der Waals surface area contributed by atoms with E-state index in [9.17, 15) is 0 Å². The molecule has 0 aliphatic rings. The predicted octanol–water partition coefficient (Wildman–Crippen LogP) is 1.35. The predicted molar refractivity (Wildman–Crippen MR) is 71.5 cm³/mol. The van der Waals surface area contributed by atoms with E-state index in [1.807, 2.05) is 0 Å². The first-order chi connectivity index (χ1) is 8.21. The fraction of sp³-hybridized carbons (Fsp3) is 0.600. The van der Waals surface area contributed by atoms with Crippen LogP contribution in [-0.2, 0) is 0 Å². The summed E-state index contributed by atoms with van der Waals surface area (Å²) in [6.45, 7) is 3.07. The molecule has 0 fully saturated rings. The molecule has 0 saturated heterocycles. The van der Waals surface area contributed by atoms with Crippen molar-refractivity contribution >= 4 is 27.7 Å². The number of nitrogens with two attached hydrogens (primary N) is 1. The maximum absolute atomic E-state index is 8.91. The summed E-state index contributed by atoms with van der Waals surface area (Å²) in [4.78, 5) is 8.16. The summed E-state index contributed by atoms with van der Waals surface area (Å²) in [6, 6.07) is 0. The Balaban J connectivity index is 2.60. The summed E-state index contributed by atoms with van der Waals surface area (Å²) in [7, 11) is 0. The van der Waals surface area contributed by atoms with E-state index in [1.165, 1.54) is 0 Å². The molecule has 6 nitrogen and oxygen atoms in total. The van der Waals surface area contributed by atoms with Crippen LogP contribution in [0.25, 0.3) is 0 Å². The Labute approximate surface area is 109 Å². The summed E-state index contributed by atoms with van der Waals surface area (Å²) in [5.74, 6) is 6.74. The monoisotopic (exact) mass is 303 g/mol. The number of aliphatic hydroxyl groups excluding tert-OH is 1. The second-order valence-electron chi connectivity index (χ2n) is 3.70. The van der Waals surface area contributed by atoms with Gasteiger partial charge in [0.05, 0.1) is 4.47 Å². The van der Waals surface area contributed by atoms with Crippen LogP contribution in [0, 0.1) is 5.92 Å². The molecule has 1 aromatic rings. The van der Waals surface area contributed by atoms with Crippen LogP contribution >= 0.6 is 15.9 Å². The zero-order valence-electron chi connectivity index (χ0n) is 9.78. The molecule has 96 valence electrons. The van der Waals surface area contributed by atoms with Gasteiger partial charge in [0.2, 0.25) is 5.95 Å². The zero-order chi connectivity index (χ0) is 12.7. The molecule has 1 rings (SSSR count). The Bertz CT molecular complexity index is 349. The molecule has 7 heteroatoms. The van der Waals surface area contributed by atoms with Crippen molar-refractivity contribution in [2.24, 2.45) is 11.8 Å². The van der Waals surface area contributed by atoms with Gasteiger partial charge in [-0.15, -0.1) is 0 Å².